The Kier molecular flexibility index (Phi) is 8.15. The molecule has 1 aromatic carbocycles. The summed E-state index contributed by atoms with van der Waals surface area (Å²) in [4.78, 5) is 48.1. The number of nitrogens with zero attached hydrogens (tertiary/aromatic N) is 3. The molecule has 0 saturated carbocycles. The Morgan fingerprint density at radius 2 is 2.05 bits per heavy atom. The van der Waals surface area contributed by atoms with E-state index in [1.807, 2.05) is 0 Å². The first kappa shape index (κ1) is 28.3. The van der Waals surface area contributed by atoms with Crippen LogP contribution in [0.4, 0.5) is 5.13 Å². The van der Waals surface area contributed by atoms with Gasteiger partial charge in [0.2, 0.25) is 10.0 Å². The molecule has 1 fully saturated rings. The van der Waals surface area contributed by atoms with Crippen molar-refractivity contribution >= 4 is 61.7 Å². The van der Waals surface area contributed by atoms with E-state index in [0.717, 1.165) is 16.2 Å². The minimum absolute atomic E-state index is 0.0450. The van der Waals surface area contributed by atoms with E-state index in [1.54, 1.807) is 6.07 Å². The van der Waals surface area contributed by atoms with Gasteiger partial charge in [-0.05, 0) is 36.7 Å². The van der Waals surface area contributed by atoms with E-state index in [-0.39, 0.29) is 45.1 Å². The number of rotatable bonds is 10. The van der Waals surface area contributed by atoms with Crippen LogP contribution in [0.2, 0.25) is 0 Å². The lowest BCUT2D eigenvalue weighted by atomic mass is 9.98. The zero-order valence-corrected chi connectivity index (χ0v) is 23.3. The second kappa shape index (κ2) is 11.2. The lowest BCUT2D eigenvalue weighted by molar-refractivity contribution is -0.150. The van der Waals surface area contributed by atoms with Crippen molar-refractivity contribution in [1.82, 2.24) is 19.9 Å². The van der Waals surface area contributed by atoms with Crippen LogP contribution >= 0.6 is 23.1 Å². The maximum atomic E-state index is 13.1. The second-order valence-corrected chi connectivity index (χ2v) is 12.1. The predicted molar refractivity (Wildman–Crippen MR) is 143 cm³/mol. The average Bonchev–Trinajstić information content (AvgIpc) is 3.35. The molecule has 0 bridgehead atoms. The Balaban J connectivity index is 1.59. The lowest BCUT2D eigenvalue weighted by Gasteiger charge is -2.49. The third-order valence-corrected chi connectivity index (χ3v) is 9.28. The highest BCUT2D eigenvalue weighted by Crippen LogP contribution is 2.41. The van der Waals surface area contributed by atoms with Crippen molar-refractivity contribution in [2.24, 2.45) is 5.16 Å². The van der Waals surface area contributed by atoms with E-state index in [4.69, 9.17) is 15.3 Å². The average molecular weight is 597 g/mol. The second-order valence-electron chi connectivity index (χ2n) is 8.21. The molecule has 4 rings (SSSR count). The van der Waals surface area contributed by atoms with Gasteiger partial charge < -0.3 is 25.7 Å². The number of hydrogen-bond donors (Lipinski definition) is 4. The van der Waals surface area contributed by atoms with Gasteiger partial charge in [0.05, 0.1) is 12.0 Å². The molecule has 2 atom stereocenters. The van der Waals surface area contributed by atoms with Gasteiger partial charge >= 0.3 is 5.97 Å². The molecule has 1 aromatic heterocycles. The summed E-state index contributed by atoms with van der Waals surface area (Å²) in [5, 5.41) is 17.3. The van der Waals surface area contributed by atoms with Crippen molar-refractivity contribution < 1.29 is 37.5 Å². The summed E-state index contributed by atoms with van der Waals surface area (Å²) in [5.41, 5.74) is 6.30. The van der Waals surface area contributed by atoms with Crippen LogP contribution in [-0.4, -0.2) is 85.3 Å². The van der Waals surface area contributed by atoms with Gasteiger partial charge in [0.1, 0.15) is 35.7 Å². The first-order valence-corrected chi connectivity index (χ1v) is 14.6. The molecule has 3 heterocycles. The number of fused-ring (bicyclic) bond motifs is 1. The maximum absolute atomic E-state index is 13.1. The Labute approximate surface area is 231 Å². The van der Waals surface area contributed by atoms with Gasteiger partial charge in [-0.15, -0.1) is 23.1 Å². The molecule has 208 valence electrons. The number of carbonyl (C=O) groups excluding carboxylic acids is 2. The molecule has 0 spiro atoms. The fourth-order valence-corrected chi connectivity index (χ4v) is 6.80. The van der Waals surface area contributed by atoms with E-state index in [1.165, 1.54) is 50.5 Å². The minimum Gasteiger partial charge on any atom is -0.497 e. The number of oxime groups is 1. The number of amides is 2. The van der Waals surface area contributed by atoms with Crippen LogP contribution in [0, 0.1) is 0 Å². The number of methoxy groups -OCH3 is 1. The van der Waals surface area contributed by atoms with E-state index in [9.17, 15) is 27.9 Å². The summed E-state index contributed by atoms with van der Waals surface area (Å²) in [6.07, 6.45) is 0.0570. The van der Waals surface area contributed by atoms with E-state index in [0.29, 0.717) is 11.1 Å². The largest absolute Gasteiger partial charge is 0.497 e. The predicted octanol–water partition coefficient (Wildman–Crippen LogP) is -0.0262. The highest BCUT2D eigenvalue weighted by molar-refractivity contribution is 8.00. The number of β-lactam (4-membered cyclic amide) rings is 1. The quantitative estimate of drug-likeness (QED) is 0.163. The number of benzene rings is 1. The molecule has 2 amide bonds. The van der Waals surface area contributed by atoms with Crippen LogP contribution < -0.4 is 20.5 Å². The minimum atomic E-state index is -3.79. The molecule has 5 N–H and O–H groups in total. The molecule has 2 aromatic rings. The number of carboxylic acid groups (broad SMARTS) is 1. The smallest absolute Gasteiger partial charge is 0.352 e. The fraction of sp³-hybridized carbons (Fsp3) is 0.318. The molecule has 2 aliphatic rings. The molecule has 39 heavy (non-hydrogen) atoms. The van der Waals surface area contributed by atoms with Crippen molar-refractivity contribution in [3.05, 3.63) is 46.1 Å². The highest BCUT2D eigenvalue weighted by Gasteiger charge is 2.54. The number of aromatic nitrogens is 1. The monoisotopic (exact) mass is 596 g/mol. The number of anilines is 1. The number of carboxylic acids is 1. The number of nitrogen functional groups attached to an aromatic ring is 1. The highest BCUT2D eigenvalue weighted by atomic mass is 32.2. The van der Waals surface area contributed by atoms with Gasteiger partial charge in [0.15, 0.2) is 10.8 Å². The number of nitrogens with one attached hydrogen (secondary N) is 2. The maximum Gasteiger partial charge on any atom is 0.352 e. The normalized spacial score (nSPS) is 19.3. The molecule has 17 heteroatoms. The van der Waals surface area contributed by atoms with Crippen LogP contribution in [-0.2, 0) is 35.7 Å². The Bertz CT molecular complexity index is 1500. The van der Waals surface area contributed by atoms with Crippen LogP contribution in [0.5, 0.6) is 5.75 Å². The summed E-state index contributed by atoms with van der Waals surface area (Å²) in [6.45, 7) is 0. The molecule has 14 nitrogen and oxygen atoms in total. The molecule has 2 aliphatic heterocycles. The first-order valence-electron chi connectivity index (χ1n) is 11.2. The lowest BCUT2D eigenvalue weighted by Crippen LogP contribution is -2.71. The van der Waals surface area contributed by atoms with Gasteiger partial charge in [-0.3, -0.25) is 14.5 Å². The summed E-state index contributed by atoms with van der Waals surface area (Å²) in [5.74, 6) is -2.18. The number of sulfonamides is 1. The van der Waals surface area contributed by atoms with E-state index < -0.39 is 39.2 Å². The molecule has 0 unspecified atom stereocenters. The zero-order chi connectivity index (χ0) is 28.5. The number of thiazole rings is 1. The van der Waals surface area contributed by atoms with Crippen LogP contribution in [0.15, 0.2) is 44.9 Å². The number of nitrogens with two attached hydrogens (primary N) is 1. The first-order chi connectivity index (χ1) is 18.5. The number of ether oxygens (including phenoxy) is 1. The molecule has 0 radical (unpaired) electrons. The third kappa shape index (κ3) is 5.56. The van der Waals surface area contributed by atoms with Crippen molar-refractivity contribution in [1.29, 1.82) is 0 Å². The summed E-state index contributed by atoms with van der Waals surface area (Å²) < 4.78 is 32.2. The van der Waals surface area contributed by atoms with E-state index >= 15 is 0 Å². The van der Waals surface area contributed by atoms with Gasteiger partial charge in [-0.1, -0.05) is 5.16 Å². The SMILES string of the molecule is CNS(=O)(=O)c1cc(CC2=C(C(=O)O)N3C(=O)[C@@H](NC(=O)C(=NOC)c4csc(N)n4)[C@H]3SC2)cc(OC)c1. The fourth-order valence-electron chi connectivity index (χ4n) is 4.09. The van der Waals surface area contributed by atoms with Crippen molar-refractivity contribution in [3.8, 4) is 5.75 Å². The summed E-state index contributed by atoms with van der Waals surface area (Å²) in [7, 11) is 0.122. The number of thioether (sulfide) groups is 1. The van der Waals surface area contributed by atoms with Crippen molar-refractivity contribution in [3.63, 3.8) is 0 Å². The van der Waals surface area contributed by atoms with Gasteiger partial charge in [-0.2, -0.15) is 0 Å². The van der Waals surface area contributed by atoms with Crippen molar-refractivity contribution in [2.45, 2.75) is 22.7 Å². The molecular formula is C22H24N6O8S3. The number of hydrogen-bond acceptors (Lipinski definition) is 12. The zero-order valence-electron chi connectivity index (χ0n) is 20.8. The number of carbonyl (C=O) groups is 3. The van der Waals surface area contributed by atoms with Crippen molar-refractivity contribution in [2.75, 3.05) is 32.8 Å². The number of aliphatic carboxylic acids is 1. The third-order valence-electron chi connectivity index (χ3n) is 5.87. The van der Waals surface area contributed by atoms with E-state index in [2.05, 4.69) is 20.2 Å². The summed E-state index contributed by atoms with van der Waals surface area (Å²) in [6, 6.07) is 3.35. The van der Waals surface area contributed by atoms with Gasteiger partial charge in [0.25, 0.3) is 11.8 Å². The van der Waals surface area contributed by atoms with Crippen LogP contribution in [0.3, 0.4) is 0 Å². The van der Waals surface area contributed by atoms with Gasteiger partial charge in [-0.25, -0.2) is 22.9 Å². The van der Waals surface area contributed by atoms with Crippen LogP contribution in [0.1, 0.15) is 11.3 Å². The Hall–Kier alpha value is -3.67. The molecule has 1 saturated heterocycles. The standard InChI is InChI=1S/C22H24N6O8S3/c1-24-39(33,34)13-6-10(5-12(7-13)35-2)4-11-8-37-20-16(19(30)28(20)17(11)21(31)32)26-18(29)15(27-36-3)14-9-38-22(23)25-14/h5-7,9,16,20,24H,4,8H2,1-3H3,(H2,23,25)(H,26,29)(H,31,32)/t16-,20-/m1/s1. The topological polar surface area (TPSA) is 203 Å². The molecular weight excluding hydrogens is 572 g/mol. The summed E-state index contributed by atoms with van der Waals surface area (Å²) >= 11 is 2.37. The molecule has 0 aliphatic carbocycles. The Morgan fingerprint density at radius 1 is 1.31 bits per heavy atom. The van der Waals surface area contributed by atoms with Gasteiger partial charge in [0, 0.05) is 17.2 Å². The van der Waals surface area contributed by atoms with Crippen LogP contribution in [0.25, 0.3) is 0 Å². The Morgan fingerprint density at radius 3 is 2.64 bits per heavy atom.